The fourth-order valence-electron chi connectivity index (χ4n) is 0.204. The van der Waals surface area contributed by atoms with E-state index in [-0.39, 0.29) is 5.71 Å². The Hall–Kier alpha value is -1.10. The lowest BCUT2D eigenvalue weighted by molar-refractivity contribution is 1.49. The predicted octanol–water partition coefficient (Wildman–Crippen LogP) is 1.11. The Morgan fingerprint density at radius 3 is 2.57 bits per heavy atom. The van der Waals surface area contributed by atoms with E-state index in [1.165, 1.54) is 6.08 Å². The van der Waals surface area contributed by atoms with Crippen LogP contribution in [0.15, 0.2) is 12.2 Å². The highest BCUT2D eigenvalue weighted by molar-refractivity contribution is 6.04. The van der Waals surface area contributed by atoms with E-state index in [2.05, 4.69) is 0 Å². The summed E-state index contributed by atoms with van der Waals surface area (Å²) in [6.45, 7) is 1.77. The van der Waals surface area contributed by atoms with Crippen LogP contribution in [-0.2, 0) is 0 Å². The summed E-state index contributed by atoms with van der Waals surface area (Å²) in [5, 5.41) is 14.6. The van der Waals surface area contributed by atoms with Crippen LogP contribution in [0.3, 0.4) is 0 Å². The third-order valence-electron chi connectivity index (χ3n) is 0.454. The van der Waals surface area contributed by atoms with Crippen molar-refractivity contribution >= 4 is 5.71 Å². The van der Waals surface area contributed by atoms with Crippen molar-refractivity contribution in [3.63, 3.8) is 0 Å². The second-order valence-electron chi connectivity index (χ2n) is 1.03. The highest BCUT2D eigenvalue weighted by Gasteiger charge is 1.77. The van der Waals surface area contributed by atoms with E-state index in [9.17, 15) is 0 Å². The molecule has 0 aliphatic rings. The zero-order valence-electron chi connectivity index (χ0n) is 4.10. The first-order chi connectivity index (χ1) is 3.31. The average Bonchev–Trinajstić information content (AvgIpc) is 1.68. The van der Waals surface area contributed by atoms with E-state index < -0.39 is 0 Å². The Kier molecular flexibility index (Phi) is 2.62. The van der Waals surface area contributed by atoms with Crippen molar-refractivity contribution in [1.29, 1.82) is 10.7 Å². The van der Waals surface area contributed by atoms with E-state index >= 15 is 0 Å². The highest BCUT2D eigenvalue weighted by atomic mass is 14.4. The van der Waals surface area contributed by atoms with Crippen molar-refractivity contribution in [2.24, 2.45) is 0 Å². The largest absolute Gasteiger partial charge is 0.290 e. The summed E-state index contributed by atoms with van der Waals surface area (Å²) >= 11 is 0. The maximum Gasteiger partial charge on any atom is 0.131 e. The lowest BCUT2D eigenvalue weighted by Crippen LogP contribution is -1.79. The summed E-state index contributed by atoms with van der Waals surface area (Å²) in [6, 6.07) is 1.66. The summed E-state index contributed by atoms with van der Waals surface area (Å²) in [7, 11) is 0. The maximum atomic E-state index is 7.94. The Bertz CT molecular complexity index is 128. The molecule has 0 bridgehead atoms. The summed E-state index contributed by atoms with van der Waals surface area (Å²) < 4.78 is 0. The van der Waals surface area contributed by atoms with Gasteiger partial charge in [-0.05, 0) is 13.0 Å². The molecular weight excluding hydrogens is 88.1 g/mol. The maximum absolute atomic E-state index is 7.94. The van der Waals surface area contributed by atoms with Gasteiger partial charge in [0.2, 0.25) is 0 Å². The summed E-state index contributed by atoms with van der Waals surface area (Å²) in [5.74, 6) is 0. The van der Waals surface area contributed by atoms with Crippen LogP contribution >= 0.6 is 0 Å². The molecule has 7 heavy (non-hydrogen) atoms. The first-order valence-electron chi connectivity index (χ1n) is 1.92. The predicted molar refractivity (Wildman–Crippen MR) is 28.2 cm³/mol. The molecule has 2 nitrogen and oxygen atoms in total. The van der Waals surface area contributed by atoms with E-state index in [0.29, 0.717) is 0 Å². The quantitative estimate of drug-likeness (QED) is 0.486. The second-order valence-corrected chi connectivity index (χ2v) is 1.03. The molecule has 0 rings (SSSR count). The first kappa shape index (κ1) is 5.90. The van der Waals surface area contributed by atoms with Gasteiger partial charge in [-0.25, -0.2) is 0 Å². The number of hydrogen-bond donors (Lipinski definition) is 1. The normalized spacial score (nSPS) is 8.57. The van der Waals surface area contributed by atoms with Gasteiger partial charge in [-0.15, -0.1) is 0 Å². The lowest BCUT2D eigenvalue weighted by atomic mass is 10.4. The molecule has 0 radical (unpaired) electrons. The molecule has 0 saturated carbocycles. The standard InChI is InChI=1S/C5H6N2/c1-2-3-5(7)4-6/h2-3,7H,1H3. The molecule has 0 aromatic heterocycles. The van der Waals surface area contributed by atoms with E-state index in [4.69, 9.17) is 10.7 Å². The summed E-state index contributed by atoms with van der Waals surface area (Å²) in [5.41, 5.74) is 0.00231. The molecule has 2 heteroatoms. The van der Waals surface area contributed by atoms with Crippen LogP contribution < -0.4 is 0 Å². The van der Waals surface area contributed by atoms with Gasteiger partial charge < -0.3 is 0 Å². The Balaban J connectivity index is 3.66. The summed E-state index contributed by atoms with van der Waals surface area (Å²) in [6.07, 6.45) is 3.10. The molecule has 0 saturated heterocycles. The molecule has 0 heterocycles. The molecular formula is C5H6N2. The van der Waals surface area contributed by atoms with Crippen LogP contribution in [0.1, 0.15) is 6.92 Å². The lowest BCUT2D eigenvalue weighted by Gasteiger charge is -1.70. The number of nitrogens with zero attached hydrogens (tertiary/aromatic N) is 1. The van der Waals surface area contributed by atoms with Crippen molar-refractivity contribution in [3.8, 4) is 6.07 Å². The van der Waals surface area contributed by atoms with Gasteiger partial charge >= 0.3 is 0 Å². The van der Waals surface area contributed by atoms with Crippen molar-refractivity contribution in [1.82, 2.24) is 0 Å². The topological polar surface area (TPSA) is 47.6 Å². The van der Waals surface area contributed by atoms with Crippen molar-refractivity contribution in [3.05, 3.63) is 12.2 Å². The van der Waals surface area contributed by atoms with Crippen LogP contribution in [0.25, 0.3) is 0 Å². The molecule has 0 fully saturated rings. The van der Waals surface area contributed by atoms with Gasteiger partial charge in [0.25, 0.3) is 0 Å². The van der Waals surface area contributed by atoms with Gasteiger partial charge in [-0.3, -0.25) is 5.41 Å². The van der Waals surface area contributed by atoms with E-state index in [0.717, 1.165) is 0 Å². The number of allylic oxidation sites excluding steroid dienone is 2. The highest BCUT2D eigenvalue weighted by Crippen LogP contribution is 1.71. The van der Waals surface area contributed by atoms with Crippen LogP contribution in [0.4, 0.5) is 0 Å². The zero-order valence-corrected chi connectivity index (χ0v) is 4.10. The molecule has 0 atom stereocenters. The number of nitrogens with one attached hydrogen (secondary N) is 1. The molecule has 1 N–H and O–H groups in total. The molecule has 0 unspecified atom stereocenters. The summed E-state index contributed by atoms with van der Waals surface area (Å²) in [4.78, 5) is 0. The fraction of sp³-hybridized carbons (Fsp3) is 0.200. The average molecular weight is 94.1 g/mol. The Morgan fingerprint density at radius 1 is 1.86 bits per heavy atom. The van der Waals surface area contributed by atoms with Crippen molar-refractivity contribution < 1.29 is 0 Å². The van der Waals surface area contributed by atoms with Gasteiger partial charge in [0.1, 0.15) is 11.8 Å². The SMILES string of the molecule is CC=CC(=N)C#N. The minimum Gasteiger partial charge on any atom is -0.290 e. The molecule has 0 amide bonds. The fourth-order valence-corrected chi connectivity index (χ4v) is 0.204. The van der Waals surface area contributed by atoms with Gasteiger partial charge in [0.15, 0.2) is 0 Å². The van der Waals surface area contributed by atoms with Crippen LogP contribution in [0, 0.1) is 16.7 Å². The second kappa shape index (κ2) is 3.10. The number of nitriles is 1. The van der Waals surface area contributed by atoms with E-state index in [1.54, 1.807) is 19.1 Å². The Morgan fingerprint density at radius 2 is 2.43 bits per heavy atom. The molecule has 0 aromatic carbocycles. The van der Waals surface area contributed by atoms with Crippen molar-refractivity contribution in [2.45, 2.75) is 6.92 Å². The molecule has 36 valence electrons. The van der Waals surface area contributed by atoms with Gasteiger partial charge in [0.05, 0.1) is 0 Å². The van der Waals surface area contributed by atoms with Crippen molar-refractivity contribution in [2.75, 3.05) is 0 Å². The molecule has 0 spiro atoms. The van der Waals surface area contributed by atoms with Gasteiger partial charge in [-0.1, -0.05) is 6.08 Å². The molecule has 0 aromatic rings. The minimum absolute atomic E-state index is 0.00231. The molecule has 0 aliphatic heterocycles. The van der Waals surface area contributed by atoms with Gasteiger partial charge in [-0.2, -0.15) is 5.26 Å². The first-order valence-corrected chi connectivity index (χ1v) is 1.92. The van der Waals surface area contributed by atoms with Crippen LogP contribution in [-0.4, -0.2) is 5.71 Å². The monoisotopic (exact) mass is 94.1 g/mol. The minimum atomic E-state index is 0.00231. The molecule has 0 aliphatic carbocycles. The smallest absolute Gasteiger partial charge is 0.131 e. The Labute approximate surface area is 42.6 Å². The number of hydrogen-bond acceptors (Lipinski definition) is 2. The van der Waals surface area contributed by atoms with Crippen LogP contribution in [0.2, 0.25) is 0 Å². The third kappa shape index (κ3) is 2.71. The third-order valence-corrected chi connectivity index (χ3v) is 0.454. The van der Waals surface area contributed by atoms with Gasteiger partial charge in [0, 0.05) is 0 Å². The van der Waals surface area contributed by atoms with Crippen LogP contribution in [0.5, 0.6) is 0 Å². The number of rotatable bonds is 1. The zero-order chi connectivity index (χ0) is 5.70. The van der Waals surface area contributed by atoms with E-state index in [1.807, 2.05) is 0 Å².